The molecule has 1 aromatic rings. The summed E-state index contributed by atoms with van der Waals surface area (Å²) < 4.78 is 5.28. The van der Waals surface area contributed by atoms with Gasteiger partial charge in [0.2, 0.25) is 0 Å². The molecule has 0 aliphatic carbocycles. The van der Waals surface area contributed by atoms with E-state index in [4.69, 9.17) is 4.74 Å². The van der Waals surface area contributed by atoms with Crippen molar-refractivity contribution in [2.24, 2.45) is 0 Å². The third kappa shape index (κ3) is 2.69. The largest absolute Gasteiger partial charge is 0.495 e. The van der Waals surface area contributed by atoms with Crippen LogP contribution in [0, 0.1) is 0 Å². The predicted molar refractivity (Wildman–Crippen MR) is 80.6 cm³/mol. The van der Waals surface area contributed by atoms with Gasteiger partial charge in [0.1, 0.15) is 10.6 Å². The number of thiophene rings is 1. The van der Waals surface area contributed by atoms with Crippen molar-refractivity contribution in [3.05, 3.63) is 16.3 Å². The van der Waals surface area contributed by atoms with E-state index in [1.165, 1.54) is 43.7 Å². The fraction of sp³-hybridized carbons (Fsp3) is 0.667. The van der Waals surface area contributed by atoms with E-state index in [0.29, 0.717) is 11.8 Å². The Morgan fingerprint density at radius 1 is 1.30 bits per heavy atom. The van der Waals surface area contributed by atoms with Gasteiger partial charge in [0, 0.05) is 19.1 Å². The van der Waals surface area contributed by atoms with Crippen molar-refractivity contribution < 1.29 is 9.53 Å². The van der Waals surface area contributed by atoms with Crippen LogP contribution in [0.1, 0.15) is 35.4 Å². The van der Waals surface area contributed by atoms with Crippen molar-refractivity contribution in [2.45, 2.75) is 31.7 Å². The number of hydrogen-bond acceptors (Lipinski definition) is 4. The molecule has 1 atom stereocenters. The molecule has 2 aliphatic heterocycles. The van der Waals surface area contributed by atoms with Crippen molar-refractivity contribution in [2.75, 3.05) is 33.3 Å². The maximum Gasteiger partial charge on any atom is 0.267 e. The molecule has 0 radical (unpaired) electrons. The minimum atomic E-state index is 0.140. The van der Waals surface area contributed by atoms with Gasteiger partial charge in [-0.05, 0) is 50.2 Å². The molecule has 2 saturated heterocycles. The summed E-state index contributed by atoms with van der Waals surface area (Å²) in [5, 5.41) is 1.92. The first-order valence-electron chi connectivity index (χ1n) is 7.44. The van der Waals surface area contributed by atoms with Crippen LogP contribution in [0.5, 0.6) is 5.75 Å². The lowest BCUT2D eigenvalue weighted by Crippen LogP contribution is -2.48. The molecule has 4 nitrogen and oxygen atoms in total. The summed E-state index contributed by atoms with van der Waals surface area (Å²) in [5.74, 6) is 0.851. The summed E-state index contributed by atoms with van der Waals surface area (Å²) in [6.45, 7) is 4.16. The second-order valence-corrected chi connectivity index (χ2v) is 6.52. The first kappa shape index (κ1) is 13.9. The van der Waals surface area contributed by atoms with E-state index < -0.39 is 0 Å². The van der Waals surface area contributed by atoms with Gasteiger partial charge in [-0.3, -0.25) is 9.69 Å². The minimum absolute atomic E-state index is 0.140. The summed E-state index contributed by atoms with van der Waals surface area (Å²) in [4.78, 5) is 18.0. The molecule has 5 heteroatoms. The molecule has 0 N–H and O–H groups in total. The fourth-order valence-corrected chi connectivity index (χ4v) is 4.13. The zero-order valence-corrected chi connectivity index (χ0v) is 12.8. The second kappa shape index (κ2) is 6.14. The number of nitrogens with zero attached hydrogens (tertiary/aromatic N) is 2. The smallest absolute Gasteiger partial charge is 0.267 e. The maximum atomic E-state index is 12.6. The number of hydrogen-bond donors (Lipinski definition) is 0. The highest BCUT2D eigenvalue weighted by Crippen LogP contribution is 2.28. The van der Waals surface area contributed by atoms with E-state index in [2.05, 4.69) is 4.90 Å². The zero-order valence-electron chi connectivity index (χ0n) is 12.0. The van der Waals surface area contributed by atoms with E-state index in [1.54, 1.807) is 7.11 Å². The third-order valence-corrected chi connectivity index (χ3v) is 5.27. The number of amides is 1. The summed E-state index contributed by atoms with van der Waals surface area (Å²) in [5.41, 5.74) is 0. The highest BCUT2D eigenvalue weighted by Gasteiger charge is 2.30. The molecule has 1 amide bonds. The van der Waals surface area contributed by atoms with Crippen molar-refractivity contribution in [1.29, 1.82) is 0 Å². The van der Waals surface area contributed by atoms with Crippen LogP contribution in [0.4, 0.5) is 0 Å². The lowest BCUT2D eigenvalue weighted by atomic mass is 10.0. The Hall–Kier alpha value is -1.07. The quantitative estimate of drug-likeness (QED) is 0.858. The van der Waals surface area contributed by atoms with Gasteiger partial charge in [-0.25, -0.2) is 0 Å². The number of ether oxygens (including phenoxy) is 1. The molecule has 0 bridgehead atoms. The third-order valence-electron chi connectivity index (χ3n) is 4.38. The minimum Gasteiger partial charge on any atom is -0.495 e. The van der Waals surface area contributed by atoms with Gasteiger partial charge in [-0.15, -0.1) is 11.3 Å². The Bertz CT molecular complexity index is 468. The molecule has 110 valence electrons. The molecule has 0 spiro atoms. The van der Waals surface area contributed by atoms with Gasteiger partial charge in [0.15, 0.2) is 0 Å². The van der Waals surface area contributed by atoms with Gasteiger partial charge in [-0.2, -0.15) is 0 Å². The average Bonchev–Trinajstić information content (AvgIpc) is 3.17. The number of piperidine rings is 1. The molecular weight excluding hydrogens is 272 g/mol. The molecule has 3 heterocycles. The second-order valence-electron chi connectivity index (χ2n) is 5.61. The SMILES string of the molecule is COc1ccsc1C(=O)N1CCCC(N2CCCC2)C1. The van der Waals surface area contributed by atoms with Crippen LogP contribution in [0.15, 0.2) is 11.4 Å². The van der Waals surface area contributed by atoms with Gasteiger partial charge < -0.3 is 9.64 Å². The van der Waals surface area contributed by atoms with Gasteiger partial charge >= 0.3 is 0 Å². The Kier molecular flexibility index (Phi) is 4.27. The van der Waals surface area contributed by atoms with Crippen LogP contribution >= 0.6 is 11.3 Å². The summed E-state index contributed by atoms with van der Waals surface area (Å²) in [6, 6.07) is 2.43. The van der Waals surface area contributed by atoms with E-state index in [9.17, 15) is 4.79 Å². The highest BCUT2D eigenvalue weighted by molar-refractivity contribution is 7.12. The van der Waals surface area contributed by atoms with Crippen LogP contribution in [-0.4, -0.2) is 55.0 Å². The summed E-state index contributed by atoms with van der Waals surface area (Å²) in [7, 11) is 1.63. The number of carbonyl (C=O) groups is 1. The monoisotopic (exact) mass is 294 g/mol. The van der Waals surface area contributed by atoms with Crippen LogP contribution in [0.2, 0.25) is 0 Å². The summed E-state index contributed by atoms with van der Waals surface area (Å²) >= 11 is 1.48. The standard InChI is InChI=1S/C15H22N2O2S/c1-19-13-6-10-20-14(13)15(18)17-9-4-5-12(11-17)16-7-2-3-8-16/h6,10,12H,2-5,7-9,11H2,1H3. The van der Waals surface area contributed by atoms with Crippen molar-refractivity contribution >= 4 is 17.2 Å². The first-order chi connectivity index (χ1) is 9.79. The van der Waals surface area contributed by atoms with Crippen LogP contribution < -0.4 is 4.74 Å². The van der Waals surface area contributed by atoms with E-state index in [0.717, 1.165) is 24.4 Å². The van der Waals surface area contributed by atoms with Gasteiger partial charge in [-0.1, -0.05) is 0 Å². The maximum absolute atomic E-state index is 12.6. The Labute approximate surface area is 124 Å². The van der Waals surface area contributed by atoms with Crippen LogP contribution in [0.25, 0.3) is 0 Å². The average molecular weight is 294 g/mol. The topological polar surface area (TPSA) is 32.8 Å². The lowest BCUT2D eigenvalue weighted by Gasteiger charge is -2.37. The van der Waals surface area contributed by atoms with Crippen molar-refractivity contribution in [3.8, 4) is 5.75 Å². The van der Waals surface area contributed by atoms with Crippen LogP contribution in [-0.2, 0) is 0 Å². The number of carbonyl (C=O) groups excluding carboxylic acids is 1. The molecule has 0 saturated carbocycles. The molecular formula is C15H22N2O2S. The van der Waals surface area contributed by atoms with E-state index in [1.807, 2.05) is 16.3 Å². The zero-order chi connectivity index (χ0) is 13.9. The normalized spacial score (nSPS) is 24.1. The van der Waals surface area contributed by atoms with Gasteiger partial charge in [0.05, 0.1) is 7.11 Å². The Balaban J connectivity index is 1.68. The molecule has 3 rings (SSSR count). The molecule has 20 heavy (non-hydrogen) atoms. The first-order valence-corrected chi connectivity index (χ1v) is 8.32. The molecule has 0 aromatic carbocycles. The predicted octanol–water partition coefficient (Wildman–Crippen LogP) is 2.46. The summed E-state index contributed by atoms with van der Waals surface area (Å²) in [6.07, 6.45) is 4.96. The molecule has 1 aromatic heterocycles. The van der Waals surface area contributed by atoms with Crippen LogP contribution in [0.3, 0.4) is 0 Å². The number of methoxy groups -OCH3 is 1. The highest BCUT2D eigenvalue weighted by atomic mass is 32.1. The van der Waals surface area contributed by atoms with E-state index in [-0.39, 0.29) is 5.91 Å². The van der Waals surface area contributed by atoms with Crippen molar-refractivity contribution in [3.63, 3.8) is 0 Å². The molecule has 2 aliphatic rings. The van der Waals surface area contributed by atoms with E-state index >= 15 is 0 Å². The van der Waals surface area contributed by atoms with Crippen molar-refractivity contribution in [1.82, 2.24) is 9.80 Å². The number of rotatable bonds is 3. The lowest BCUT2D eigenvalue weighted by molar-refractivity contribution is 0.0610. The molecule has 1 unspecified atom stereocenters. The Morgan fingerprint density at radius 3 is 2.85 bits per heavy atom. The Morgan fingerprint density at radius 2 is 2.10 bits per heavy atom. The van der Waals surface area contributed by atoms with Gasteiger partial charge in [0.25, 0.3) is 5.91 Å². The fourth-order valence-electron chi connectivity index (χ4n) is 3.30. The number of likely N-dealkylation sites (tertiary alicyclic amines) is 2. The molecule has 2 fully saturated rings.